The van der Waals surface area contributed by atoms with E-state index in [1.165, 1.54) is 15.2 Å². The Morgan fingerprint density at radius 3 is 1.79 bits per heavy atom. The molecule has 0 amide bonds. The van der Waals surface area contributed by atoms with Gasteiger partial charge >= 0.3 is 0 Å². The first-order valence-electron chi connectivity index (χ1n) is 12.7. The van der Waals surface area contributed by atoms with Gasteiger partial charge in [0.1, 0.15) is 0 Å². The molecule has 0 aromatic heterocycles. The van der Waals surface area contributed by atoms with Gasteiger partial charge in [-0.3, -0.25) is 0 Å². The predicted molar refractivity (Wildman–Crippen MR) is 128 cm³/mol. The third-order valence-electron chi connectivity index (χ3n) is 9.69. The molecule has 3 rings (SSSR count). The van der Waals surface area contributed by atoms with Crippen LogP contribution in [0.5, 0.6) is 0 Å². The molecule has 3 heterocycles. The summed E-state index contributed by atoms with van der Waals surface area (Å²) in [6, 6.07) is -0.0000221. The Labute approximate surface area is 200 Å². The average molecular weight is 471 g/mol. The first kappa shape index (κ1) is 27.3. The zero-order valence-electron chi connectivity index (χ0n) is 22.2. The van der Waals surface area contributed by atoms with Crippen LogP contribution < -0.4 is 5.73 Å². The molecule has 194 valence electrons. The second-order valence-electron chi connectivity index (χ2n) is 13.7. The topological polar surface area (TPSA) is 117 Å². The van der Waals surface area contributed by atoms with E-state index in [0.717, 1.165) is 25.7 Å². The molecule has 6 N–H and O–H groups in total. The van der Waals surface area contributed by atoms with Crippen LogP contribution in [-0.4, -0.2) is 81.3 Å². The van der Waals surface area contributed by atoms with Crippen molar-refractivity contribution < 1.29 is 20.7 Å². The van der Waals surface area contributed by atoms with Crippen LogP contribution >= 0.6 is 0 Å². The van der Waals surface area contributed by atoms with Crippen LogP contribution in [0.15, 0.2) is 0 Å². The van der Waals surface area contributed by atoms with Crippen molar-refractivity contribution in [2.45, 2.75) is 159 Å². The molecule has 3 fully saturated rings. The monoisotopic (exact) mass is 470 g/mol. The minimum Gasteiger partial charge on any atom is -0.393 e. The van der Waals surface area contributed by atoms with Crippen LogP contribution in [0.25, 0.3) is 0 Å². The summed E-state index contributed by atoms with van der Waals surface area (Å²) in [7, 11) is 0. The highest BCUT2D eigenvalue weighted by Gasteiger charge is 2.63. The van der Waals surface area contributed by atoms with E-state index in [-0.39, 0.29) is 6.04 Å². The second kappa shape index (κ2) is 8.37. The molecule has 8 nitrogen and oxygen atoms in total. The molecule has 0 aromatic carbocycles. The Balaban J connectivity index is 1.89. The summed E-state index contributed by atoms with van der Waals surface area (Å²) in [6.45, 7) is 16.1. The first-order chi connectivity index (χ1) is 14.8. The van der Waals surface area contributed by atoms with Crippen molar-refractivity contribution in [3.63, 3.8) is 0 Å². The normalized spacial score (nSPS) is 47.5. The van der Waals surface area contributed by atoms with Gasteiger partial charge in [0.25, 0.3) is 0 Å². The summed E-state index contributed by atoms with van der Waals surface area (Å²) >= 11 is 0. The van der Waals surface area contributed by atoms with Crippen molar-refractivity contribution in [2.24, 2.45) is 5.73 Å². The number of aliphatic hydroxyl groups excluding tert-OH is 1. The standard InChI is InChI=1S/C25H50N4O4/c1-20(2)10-9-11-24(7,28(20)32)25(8)17-19(30)16-23(6,29(25)33)13-12-22(5)15-18(26)14-21(3,4)27(22)31/h18-19,30-33H,9-17,26H2,1-8H3. The highest BCUT2D eigenvalue weighted by molar-refractivity contribution is 5.15. The Kier molecular flexibility index (Phi) is 6.92. The van der Waals surface area contributed by atoms with Gasteiger partial charge in [0.2, 0.25) is 0 Å². The maximum Gasteiger partial charge on any atom is 0.0666 e. The molecule has 0 aliphatic carbocycles. The van der Waals surface area contributed by atoms with Crippen LogP contribution in [-0.2, 0) is 0 Å². The van der Waals surface area contributed by atoms with Crippen LogP contribution in [0.4, 0.5) is 0 Å². The van der Waals surface area contributed by atoms with Gasteiger partial charge < -0.3 is 26.5 Å². The SMILES string of the molecule is CC1(C)CC(N)CC(C)(CCC2(C)CC(O)CC(C)(C3(C)CCCC(C)(C)N3O)N2O)N1O. The van der Waals surface area contributed by atoms with E-state index < -0.39 is 39.3 Å². The van der Waals surface area contributed by atoms with Crippen molar-refractivity contribution in [3.8, 4) is 0 Å². The number of hydroxylamine groups is 6. The molecule has 33 heavy (non-hydrogen) atoms. The lowest BCUT2D eigenvalue weighted by molar-refractivity contribution is -0.350. The Hall–Kier alpha value is -0.320. The van der Waals surface area contributed by atoms with Gasteiger partial charge in [-0.25, -0.2) is 0 Å². The number of piperidine rings is 3. The number of nitrogens with zero attached hydrogens (tertiary/aromatic N) is 3. The van der Waals surface area contributed by atoms with E-state index in [1.807, 2.05) is 55.4 Å². The fraction of sp³-hybridized carbons (Fsp3) is 1.00. The van der Waals surface area contributed by atoms with Gasteiger partial charge in [0, 0.05) is 28.2 Å². The lowest BCUT2D eigenvalue weighted by atomic mass is 9.63. The fourth-order valence-electron chi connectivity index (χ4n) is 7.63. The van der Waals surface area contributed by atoms with E-state index in [1.54, 1.807) is 0 Å². The maximum atomic E-state index is 11.8. The number of rotatable bonds is 4. The molecule has 0 aromatic rings. The molecule has 0 spiro atoms. The van der Waals surface area contributed by atoms with Crippen LogP contribution in [0.1, 0.15) is 113 Å². The number of nitrogens with two attached hydrogens (primary N) is 1. The third kappa shape index (κ3) is 4.40. The molecule has 0 saturated carbocycles. The summed E-state index contributed by atoms with van der Waals surface area (Å²) < 4.78 is 0. The lowest BCUT2D eigenvalue weighted by Gasteiger charge is -2.65. The number of hydrogen-bond acceptors (Lipinski definition) is 8. The van der Waals surface area contributed by atoms with E-state index >= 15 is 0 Å². The van der Waals surface area contributed by atoms with Gasteiger partial charge in [0.15, 0.2) is 0 Å². The zero-order valence-corrected chi connectivity index (χ0v) is 22.2. The Morgan fingerprint density at radius 2 is 1.21 bits per heavy atom. The van der Waals surface area contributed by atoms with Gasteiger partial charge in [-0.15, -0.1) is 0 Å². The van der Waals surface area contributed by atoms with Crippen molar-refractivity contribution >= 4 is 0 Å². The van der Waals surface area contributed by atoms with Gasteiger partial charge in [-0.05, 0) is 113 Å². The molecule has 6 atom stereocenters. The highest BCUT2D eigenvalue weighted by Crippen LogP contribution is 2.52. The van der Waals surface area contributed by atoms with Gasteiger partial charge in [-0.1, -0.05) is 0 Å². The minimum absolute atomic E-state index is 0.0000221. The van der Waals surface area contributed by atoms with Crippen molar-refractivity contribution in [3.05, 3.63) is 0 Å². The molecule has 3 saturated heterocycles. The van der Waals surface area contributed by atoms with Crippen LogP contribution in [0.2, 0.25) is 0 Å². The molecule has 6 unspecified atom stereocenters. The third-order valence-corrected chi connectivity index (χ3v) is 9.69. The summed E-state index contributed by atoms with van der Waals surface area (Å²) in [5.41, 5.74) is 2.71. The van der Waals surface area contributed by atoms with Crippen LogP contribution in [0, 0.1) is 0 Å². The molecular weight excluding hydrogens is 420 g/mol. The molecule has 0 bridgehead atoms. The zero-order chi connectivity index (χ0) is 25.3. The van der Waals surface area contributed by atoms with E-state index in [4.69, 9.17) is 5.73 Å². The second-order valence-corrected chi connectivity index (χ2v) is 13.7. The maximum absolute atomic E-state index is 11.8. The largest absolute Gasteiger partial charge is 0.393 e. The quantitative estimate of drug-likeness (QED) is 0.420. The average Bonchev–Trinajstić information content (AvgIpc) is 2.66. The summed E-state index contributed by atoms with van der Waals surface area (Å²) in [6.07, 6.45) is 5.37. The number of hydrogen-bond donors (Lipinski definition) is 5. The molecule has 3 aliphatic heterocycles. The number of aliphatic hydroxyl groups is 1. The molecule has 3 aliphatic rings. The van der Waals surface area contributed by atoms with Crippen molar-refractivity contribution in [2.75, 3.05) is 0 Å². The summed E-state index contributed by atoms with van der Waals surface area (Å²) in [4.78, 5) is 0. The van der Waals surface area contributed by atoms with Crippen molar-refractivity contribution in [1.82, 2.24) is 15.2 Å². The van der Waals surface area contributed by atoms with Gasteiger partial charge in [0.05, 0.1) is 17.2 Å². The van der Waals surface area contributed by atoms with E-state index in [9.17, 15) is 20.7 Å². The summed E-state index contributed by atoms with van der Waals surface area (Å²) in [5.74, 6) is 0. The molecule has 8 heteroatoms. The van der Waals surface area contributed by atoms with Crippen LogP contribution in [0.3, 0.4) is 0 Å². The Bertz CT molecular complexity index is 735. The Morgan fingerprint density at radius 1 is 0.667 bits per heavy atom. The van der Waals surface area contributed by atoms with E-state index in [0.29, 0.717) is 32.1 Å². The molecular formula is C25H50N4O4. The molecule has 0 radical (unpaired) electrons. The van der Waals surface area contributed by atoms with Crippen molar-refractivity contribution in [1.29, 1.82) is 0 Å². The lowest BCUT2D eigenvalue weighted by Crippen LogP contribution is -2.77. The van der Waals surface area contributed by atoms with Gasteiger partial charge in [-0.2, -0.15) is 15.2 Å². The predicted octanol–water partition coefficient (Wildman–Crippen LogP) is 3.89. The minimum atomic E-state index is -0.853. The van der Waals surface area contributed by atoms with E-state index in [2.05, 4.69) is 0 Å². The smallest absolute Gasteiger partial charge is 0.0666 e. The summed E-state index contributed by atoms with van der Waals surface area (Å²) in [5, 5.41) is 49.5. The highest BCUT2D eigenvalue weighted by atomic mass is 16.5. The fourth-order valence-corrected chi connectivity index (χ4v) is 7.63. The first-order valence-corrected chi connectivity index (χ1v) is 12.7.